The van der Waals surface area contributed by atoms with Crippen LogP contribution in [0.2, 0.25) is 0 Å². The first kappa shape index (κ1) is 11.1. The highest BCUT2D eigenvalue weighted by Gasteiger charge is 2.28. The van der Waals surface area contributed by atoms with Crippen LogP contribution in [0.3, 0.4) is 0 Å². The molecule has 17 heavy (non-hydrogen) atoms. The average molecular weight is 232 g/mol. The SMILES string of the molecule is CN1CCC(NC2CCc3c(O)cccc32)C1. The lowest BCUT2D eigenvalue weighted by molar-refractivity contribution is 0.381. The van der Waals surface area contributed by atoms with Crippen LogP contribution < -0.4 is 5.32 Å². The van der Waals surface area contributed by atoms with Gasteiger partial charge in [-0.15, -0.1) is 0 Å². The van der Waals surface area contributed by atoms with E-state index in [9.17, 15) is 5.11 Å². The number of phenolic OH excluding ortho intramolecular Hbond substituents is 1. The van der Waals surface area contributed by atoms with Gasteiger partial charge in [0.1, 0.15) is 5.75 Å². The lowest BCUT2D eigenvalue weighted by atomic mass is 10.1. The van der Waals surface area contributed by atoms with Gasteiger partial charge in [-0.1, -0.05) is 12.1 Å². The van der Waals surface area contributed by atoms with Crippen LogP contribution in [0.25, 0.3) is 0 Å². The van der Waals surface area contributed by atoms with Gasteiger partial charge in [-0.2, -0.15) is 0 Å². The number of aromatic hydroxyl groups is 1. The predicted molar refractivity (Wildman–Crippen MR) is 68.2 cm³/mol. The van der Waals surface area contributed by atoms with Gasteiger partial charge in [0.25, 0.3) is 0 Å². The van der Waals surface area contributed by atoms with E-state index in [2.05, 4.69) is 23.3 Å². The molecule has 3 rings (SSSR count). The van der Waals surface area contributed by atoms with Crippen molar-refractivity contribution < 1.29 is 5.11 Å². The first-order valence-electron chi connectivity index (χ1n) is 6.49. The monoisotopic (exact) mass is 232 g/mol. The lowest BCUT2D eigenvalue weighted by Crippen LogP contribution is -2.33. The van der Waals surface area contributed by atoms with Gasteiger partial charge in [0.15, 0.2) is 0 Å². The van der Waals surface area contributed by atoms with Gasteiger partial charge in [-0.05, 0) is 50.0 Å². The maximum absolute atomic E-state index is 9.82. The highest BCUT2D eigenvalue weighted by Crippen LogP contribution is 2.36. The zero-order chi connectivity index (χ0) is 11.8. The molecule has 3 nitrogen and oxygen atoms in total. The number of nitrogens with one attached hydrogen (secondary N) is 1. The Morgan fingerprint density at radius 3 is 3.00 bits per heavy atom. The van der Waals surface area contributed by atoms with Crippen LogP contribution in [0.1, 0.15) is 30.0 Å². The van der Waals surface area contributed by atoms with Crippen molar-refractivity contribution in [2.75, 3.05) is 20.1 Å². The normalized spacial score (nSPS) is 28.5. The van der Waals surface area contributed by atoms with Gasteiger partial charge in [-0.3, -0.25) is 0 Å². The molecule has 1 aliphatic carbocycles. The third kappa shape index (κ3) is 2.05. The van der Waals surface area contributed by atoms with Gasteiger partial charge < -0.3 is 15.3 Å². The van der Waals surface area contributed by atoms with Crippen LogP contribution in [0, 0.1) is 0 Å². The van der Waals surface area contributed by atoms with Crippen molar-refractivity contribution in [2.45, 2.75) is 31.3 Å². The van der Waals surface area contributed by atoms with Gasteiger partial charge in [-0.25, -0.2) is 0 Å². The van der Waals surface area contributed by atoms with Crippen molar-refractivity contribution >= 4 is 0 Å². The zero-order valence-corrected chi connectivity index (χ0v) is 10.3. The zero-order valence-electron chi connectivity index (χ0n) is 10.3. The summed E-state index contributed by atoms with van der Waals surface area (Å²) in [6, 6.07) is 6.95. The number of nitrogens with zero attached hydrogens (tertiary/aromatic N) is 1. The molecule has 2 N–H and O–H groups in total. The number of benzene rings is 1. The molecule has 1 aromatic carbocycles. The standard InChI is InChI=1S/C14H20N2O/c1-16-8-7-10(9-16)15-13-6-5-12-11(13)3-2-4-14(12)17/h2-4,10,13,15,17H,5-9H2,1H3. The van der Waals surface area contributed by atoms with Crippen LogP contribution in [-0.4, -0.2) is 36.2 Å². The first-order valence-corrected chi connectivity index (χ1v) is 6.49. The Morgan fingerprint density at radius 1 is 1.35 bits per heavy atom. The van der Waals surface area contributed by atoms with Crippen molar-refractivity contribution in [1.29, 1.82) is 0 Å². The molecule has 1 fully saturated rings. The van der Waals surface area contributed by atoms with E-state index < -0.39 is 0 Å². The Balaban J connectivity index is 1.73. The summed E-state index contributed by atoms with van der Waals surface area (Å²) in [5, 5.41) is 13.6. The summed E-state index contributed by atoms with van der Waals surface area (Å²) >= 11 is 0. The fraction of sp³-hybridized carbons (Fsp3) is 0.571. The third-order valence-electron chi connectivity index (χ3n) is 4.07. The largest absolute Gasteiger partial charge is 0.508 e. The molecule has 1 aromatic rings. The van der Waals surface area contributed by atoms with Crippen LogP contribution in [0.5, 0.6) is 5.75 Å². The number of hydrogen-bond donors (Lipinski definition) is 2. The van der Waals surface area contributed by atoms with Crippen LogP contribution in [-0.2, 0) is 6.42 Å². The Hall–Kier alpha value is -1.06. The van der Waals surface area contributed by atoms with Crippen LogP contribution in [0.15, 0.2) is 18.2 Å². The van der Waals surface area contributed by atoms with Gasteiger partial charge in [0, 0.05) is 18.6 Å². The highest BCUT2D eigenvalue weighted by atomic mass is 16.3. The van der Waals surface area contributed by atoms with E-state index in [4.69, 9.17) is 0 Å². The predicted octanol–water partition coefficient (Wildman–Crippen LogP) is 1.67. The molecule has 0 bridgehead atoms. The van der Waals surface area contributed by atoms with Crippen molar-refractivity contribution in [3.63, 3.8) is 0 Å². The topological polar surface area (TPSA) is 35.5 Å². The first-order chi connectivity index (χ1) is 8.24. The third-order valence-corrected chi connectivity index (χ3v) is 4.07. The van der Waals surface area contributed by atoms with E-state index >= 15 is 0 Å². The summed E-state index contributed by atoms with van der Waals surface area (Å²) < 4.78 is 0. The average Bonchev–Trinajstić information content (AvgIpc) is 2.88. The molecular weight excluding hydrogens is 212 g/mol. The van der Waals surface area contributed by atoms with Crippen molar-refractivity contribution in [2.24, 2.45) is 0 Å². The van der Waals surface area contributed by atoms with E-state index in [1.54, 1.807) is 6.07 Å². The summed E-state index contributed by atoms with van der Waals surface area (Å²) in [4.78, 5) is 2.37. The van der Waals surface area contributed by atoms with E-state index in [1.807, 2.05) is 6.07 Å². The highest BCUT2D eigenvalue weighted by molar-refractivity contribution is 5.44. The maximum Gasteiger partial charge on any atom is 0.119 e. The molecule has 0 radical (unpaired) electrons. The minimum Gasteiger partial charge on any atom is -0.508 e. The Bertz CT molecular complexity index is 419. The summed E-state index contributed by atoms with van der Waals surface area (Å²) in [5.74, 6) is 0.468. The van der Waals surface area contributed by atoms with Gasteiger partial charge >= 0.3 is 0 Å². The Kier molecular flexibility index (Phi) is 2.81. The van der Waals surface area contributed by atoms with Crippen LogP contribution >= 0.6 is 0 Å². The van der Waals surface area contributed by atoms with E-state index in [0.29, 0.717) is 17.8 Å². The van der Waals surface area contributed by atoms with E-state index in [1.165, 1.54) is 18.5 Å². The quantitative estimate of drug-likeness (QED) is 0.814. The molecule has 92 valence electrons. The minimum atomic E-state index is 0.439. The second-order valence-electron chi connectivity index (χ2n) is 5.35. The molecule has 0 amide bonds. The summed E-state index contributed by atoms with van der Waals surface area (Å²) in [6.45, 7) is 2.34. The lowest BCUT2D eigenvalue weighted by Gasteiger charge is -2.19. The Labute approximate surface area is 102 Å². The molecule has 1 heterocycles. The van der Waals surface area contributed by atoms with Crippen molar-refractivity contribution in [3.8, 4) is 5.75 Å². The van der Waals surface area contributed by atoms with Gasteiger partial charge in [0.05, 0.1) is 0 Å². The summed E-state index contributed by atoms with van der Waals surface area (Å²) in [5.41, 5.74) is 2.45. The second kappa shape index (κ2) is 4.31. The molecule has 2 atom stereocenters. The summed E-state index contributed by atoms with van der Waals surface area (Å²) in [7, 11) is 2.18. The van der Waals surface area contributed by atoms with E-state index in [-0.39, 0.29) is 0 Å². The minimum absolute atomic E-state index is 0.439. The molecule has 0 aromatic heterocycles. The number of likely N-dealkylation sites (N-methyl/N-ethyl adjacent to an activating group) is 1. The molecule has 2 unspecified atom stereocenters. The molecular formula is C14H20N2O. The van der Waals surface area contributed by atoms with Crippen molar-refractivity contribution in [3.05, 3.63) is 29.3 Å². The van der Waals surface area contributed by atoms with E-state index in [0.717, 1.165) is 24.9 Å². The van der Waals surface area contributed by atoms with Gasteiger partial charge in [0.2, 0.25) is 0 Å². The molecule has 0 saturated carbocycles. The number of phenols is 1. The number of fused-ring (bicyclic) bond motifs is 1. The molecule has 1 saturated heterocycles. The molecule has 1 aliphatic heterocycles. The number of likely N-dealkylation sites (tertiary alicyclic amines) is 1. The molecule has 3 heteroatoms. The smallest absolute Gasteiger partial charge is 0.119 e. The number of rotatable bonds is 2. The summed E-state index contributed by atoms with van der Waals surface area (Å²) in [6.07, 6.45) is 3.36. The van der Waals surface area contributed by atoms with Crippen LogP contribution in [0.4, 0.5) is 0 Å². The maximum atomic E-state index is 9.82. The molecule has 0 spiro atoms. The Morgan fingerprint density at radius 2 is 2.24 bits per heavy atom. The second-order valence-corrected chi connectivity index (χ2v) is 5.35. The fourth-order valence-corrected chi connectivity index (χ4v) is 3.16. The van der Waals surface area contributed by atoms with Crippen molar-refractivity contribution in [1.82, 2.24) is 10.2 Å². The molecule has 2 aliphatic rings. The number of hydrogen-bond acceptors (Lipinski definition) is 3. The fourth-order valence-electron chi connectivity index (χ4n) is 3.16.